The predicted octanol–water partition coefficient (Wildman–Crippen LogP) is 3.04. The molecular weight excluding hydrogens is 340 g/mol. The molecule has 3 aromatic rings. The highest BCUT2D eigenvalue weighted by molar-refractivity contribution is 7.13. The molecule has 0 bridgehead atoms. The third-order valence-corrected chi connectivity index (χ3v) is 4.76. The van der Waals surface area contributed by atoms with Crippen molar-refractivity contribution in [3.8, 4) is 16.3 Å². The fraction of sp³-hybridized carbons (Fsp3) is 0.278. The molecule has 0 aliphatic carbocycles. The largest absolute Gasteiger partial charge is 0.463 e. The number of carbonyl (C=O) groups is 1. The Kier molecular flexibility index (Phi) is 4.69. The predicted molar refractivity (Wildman–Crippen MR) is 97.0 cm³/mol. The van der Waals surface area contributed by atoms with Crippen LogP contribution in [-0.4, -0.2) is 17.0 Å². The zero-order chi connectivity index (χ0) is 18.1. The van der Waals surface area contributed by atoms with Gasteiger partial charge in [-0.25, -0.2) is 9.78 Å². The Labute approximate surface area is 148 Å². The van der Waals surface area contributed by atoms with Crippen LogP contribution in [0.15, 0.2) is 33.0 Å². The Morgan fingerprint density at radius 2 is 2.20 bits per heavy atom. The average molecular weight is 358 g/mol. The first kappa shape index (κ1) is 17.3. The molecule has 0 aliphatic heterocycles. The number of nitrogens with two attached hydrogens (primary N) is 1. The standard InChI is InChI=1S/C18H18N2O4S/c1-4-11-5-12-15(6-14(11)24-18(22)10(3)19)23-7-13(16(12)21)17-20-9(2)8-25-17/h5-8,10H,4,19H2,1-3H3. The number of rotatable bonds is 4. The van der Waals surface area contributed by atoms with Gasteiger partial charge in [-0.3, -0.25) is 4.79 Å². The number of thiazole rings is 1. The maximum absolute atomic E-state index is 12.8. The van der Waals surface area contributed by atoms with Crippen LogP contribution in [0.4, 0.5) is 0 Å². The number of benzene rings is 1. The molecule has 0 saturated carbocycles. The second-order valence-corrected chi connectivity index (χ2v) is 6.65. The molecule has 1 aromatic carbocycles. The topological polar surface area (TPSA) is 95.4 Å². The van der Waals surface area contributed by atoms with Crippen LogP contribution in [0.3, 0.4) is 0 Å². The van der Waals surface area contributed by atoms with Crippen LogP contribution in [0.1, 0.15) is 25.1 Å². The minimum Gasteiger partial charge on any atom is -0.463 e. The fourth-order valence-electron chi connectivity index (χ4n) is 2.40. The molecule has 3 rings (SSSR count). The maximum atomic E-state index is 12.8. The van der Waals surface area contributed by atoms with Gasteiger partial charge in [0.2, 0.25) is 5.43 Å². The van der Waals surface area contributed by atoms with Crippen molar-refractivity contribution in [2.24, 2.45) is 5.73 Å². The summed E-state index contributed by atoms with van der Waals surface area (Å²) in [5.41, 5.74) is 7.76. The second-order valence-electron chi connectivity index (χ2n) is 5.79. The van der Waals surface area contributed by atoms with Crippen molar-refractivity contribution in [2.75, 3.05) is 0 Å². The van der Waals surface area contributed by atoms with Gasteiger partial charge in [0, 0.05) is 17.1 Å². The number of aromatic nitrogens is 1. The van der Waals surface area contributed by atoms with Crippen LogP contribution in [0.2, 0.25) is 0 Å². The molecule has 1 atom stereocenters. The Morgan fingerprint density at radius 1 is 1.44 bits per heavy atom. The molecule has 0 radical (unpaired) electrons. The van der Waals surface area contributed by atoms with Gasteiger partial charge < -0.3 is 14.9 Å². The van der Waals surface area contributed by atoms with E-state index < -0.39 is 12.0 Å². The minimum atomic E-state index is -0.733. The van der Waals surface area contributed by atoms with Crippen molar-refractivity contribution in [3.63, 3.8) is 0 Å². The van der Waals surface area contributed by atoms with Crippen molar-refractivity contribution in [1.82, 2.24) is 4.98 Å². The quantitative estimate of drug-likeness (QED) is 0.569. The molecule has 2 heterocycles. The van der Waals surface area contributed by atoms with E-state index >= 15 is 0 Å². The highest BCUT2D eigenvalue weighted by Crippen LogP contribution is 2.28. The number of ether oxygens (including phenoxy) is 1. The Morgan fingerprint density at radius 3 is 2.80 bits per heavy atom. The molecule has 2 aromatic heterocycles. The molecular formula is C18H18N2O4S. The van der Waals surface area contributed by atoms with E-state index in [1.54, 1.807) is 19.1 Å². The number of hydrogen-bond acceptors (Lipinski definition) is 7. The van der Waals surface area contributed by atoms with Gasteiger partial charge in [-0.15, -0.1) is 11.3 Å². The van der Waals surface area contributed by atoms with Crippen LogP contribution in [0.25, 0.3) is 21.5 Å². The van der Waals surface area contributed by atoms with Gasteiger partial charge in [-0.1, -0.05) is 6.92 Å². The van der Waals surface area contributed by atoms with Gasteiger partial charge in [0.25, 0.3) is 0 Å². The first-order valence-electron chi connectivity index (χ1n) is 7.89. The third-order valence-electron chi connectivity index (χ3n) is 3.77. The Hall–Kier alpha value is -2.51. The summed E-state index contributed by atoms with van der Waals surface area (Å²) in [5.74, 6) is -0.176. The van der Waals surface area contributed by atoms with Crippen molar-refractivity contribution < 1.29 is 13.9 Å². The Bertz CT molecular complexity index is 1000. The molecule has 6 nitrogen and oxygen atoms in total. The molecule has 1 unspecified atom stereocenters. The van der Waals surface area contributed by atoms with Crippen LogP contribution in [-0.2, 0) is 11.2 Å². The van der Waals surface area contributed by atoms with Gasteiger partial charge in [0.05, 0.1) is 10.9 Å². The molecule has 130 valence electrons. The molecule has 0 aliphatic rings. The monoisotopic (exact) mass is 358 g/mol. The van der Waals surface area contributed by atoms with E-state index in [1.807, 2.05) is 19.2 Å². The number of nitrogens with zero attached hydrogens (tertiary/aromatic N) is 1. The van der Waals surface area contributed by atoms with Crippen molar-refractivity contribution in [2.45, 2.75) is 33.2 Å². The highest BCUT2D eigenvalue weighted by atomic mass is 32.1. The lowest BCUT2D eigenvalue weighted by Gasteiger charge is -2.11. The number of aryl methyl sites for hydroxylation is 2. The lowest BCUT2D eigenvalue weighted by atomic mass is 10.1. The van der Waals surface area contributed by atoms with Crippen molar-refractivity contribution >= 4 is 28.3 Å². The molecule has 0 fully saturated rings. The summed E-state index contributed by atoms with van der Waals surface area (Å²) in [6.07, 6.45) is 1.99. The zero-order valence-corrected chi connectivity index (χ0v) is 15.0. The Balaban J connectivity index is 2.14. The van der Waals surface area contributed by atoms with E-state index in [4.69, 9.17) is 14.9 Å². The molecule has 7 heteroatoms. The van der Waals surface area contributed by atoms with E-state index in [2.05, 4.69) is 4.98 Å². The van der Waals surface area contributed by atoms with Gasteiger partial charge in [-0.05, 0) is 31.9 Å². The SMILES string of the molecule is CCc1cc2c(=O)c(-c3nc(C)cs3)coc2cc1OC(=O)C(C)N. The van der Waals surface area contributed by atoms with Gasteiger partial charge in [-0.2, -0.15) is 0 Å². The number of carbonyl (C=O) groups excluding carboxylic acids is 1. The summed E-state index contributed by atoms with van der Waals surface area (Å²) in [7, 11) is 0. The normalized spacial score (nSPS) is 12.3. The summed E-state index contributed by atoms with van der Waals surface area (Å²) in [6.45, 7) is 5.34. The maximum Gasteiger partial charge on any atom is 0.328 e. The number of hydrogen-bond donors (Lipinski definition) is 1. The molecule has 25 heavy (non-hydrogen) atoms. The lowest BCUT2D eigenvalue weighted by molar-refractivity contribution is -0.135. The molecule has 0 spiro atoms. The smallest absolute Gasteiger partial charge is 0.328 e. The van der Waals surface area contributed by atoms with Crippen LogP contribution in [0, 0.1) is 6.92 Å². The number of esters is 1. The van der Waals surface area contributed by atoms with Crippen LogP contribution >= 0.6 is 11.3 Å². The first-order valence-corrected chi connectivity index (χ1v) is 8.77. The summed E-state index contributed by atoms with van der Waals surface area (Å²) in [6, 6.07) is 2.53. The van der Waals surface area contributed by atoms with Crippen molar-refractivity contribution in [1.29, 1.82) is 0 Å². The number of fused-ring (bicyclic) bond motifs is 1. The van der Waals surface area contributed by atoms with Gasteiger partial charge in [0.15, 0.2) is 0 Å². The summed E-state index contributed by atoms with van der Waals surface area (Å²) >= 11 is 1.40. The van der Waals surface area contributed by atoms with Gasteiger partial charge >= 0.3 is 5.97 Å². The highest BCUT2D eigenvalue weighted by Gasteiger charge is 2.17. The summed E-state index contributed by atoms with van der Waals surface area (Å²) < 4.78 is 10.9. The van der Waals surface area contributed by atoms with E-state index in [-0.39, 0.29) is 5.43 Å². The molecule has 0 amide bonds. The molecule has 2 N–H and O–H groups in total. The fourth-order valence-corrected chi connectivity index (χ4v) is 3.20. The third kappa shape index (κ3) is 3.33. The lowest BCUT2D eigenvalue weighted by Crippen LogP contribution is -2.31. The van der Waals surface area contributed by atoms with E-state index in [9.17, 15) is 9.59 Å². The van der Waals surface area contributed by atoms with Gasteiger partial charge in [0.1, 0.15) is 28.6 Å². The zero-order valence-electron chi connectivity index (χ0n) is 14.2. The molecule has 0 saturated heterocycles. The van der Waals surface area contributed by atoms with E-state index in [0.717, 1.165) is 11.3 Å². The van der Waals surface area contributed by atoms with Crippen molar-refractivity contribution in [3.05, 3.63) is 45.3 Å². The summed E-state index contributed by atoms with van der Waals surface area (Å²) in [5, 5.41) is 2.94. The van der Waals surface area contributed by atoms with E-state index in [0.29, 0.717) is 33.7 Å². The van der Waals surface area contributed by atoms with Crippen LogP contribution < -0.4 is 15.9 Å². The average Bonchev–Trinajstić information content (AvgIpc) is 3.00. The first-order chi connectivity index (χ1) is 11.9. The minimum absolute atomic E-state index is 0.157. The van der Waals surface area contributed by atoms with Crippen LogP contribution in [0.5, 0.6) is 5.75 Å². The second kappa shape index (κ2) is 6.78. The van der Waals surface area contributed by atoms with E-state index in [1.165, 1.54) is 17.6 Å². The summed E-state index contributed by atoms with van der Waals surface area (Å²) in [4.78, 5) is 28.9.